The normalized spacial score (nSPS) is 14.4. The Bertz CT molecular complexity index is 513. The molecule has 3 N–H and O–H groups in total. The van der Waals surface area contributed by atoms with Crippen LogP contribution in [0.5, 0.6) is 0 Å². The van der Waals surface area contributed by atoms with Crippen molar-refractivity contribution in [1.29, 1.82) is 0 Å². The van der Waals surface area contributed by atoms with E-state index in [4.69, 9.17) is 10.2 Å². The first-order chi connectivity index (χ1) is 11.5. The van der Waals surface area contributed by atoms with Gasteiger partial charge in [0.1, 0.15) is 0 Å². The summed E-state index contributed by atoms with van der Waals surface area (Å²) in [6.07, 6.45) is 7.00. The van der Waals surface area contributed by atoms with Crippen molar-refractivity contribution in [2.75, 3.05) is 0 Å². The Labute approximate surface area is 150 Å². The van der Waals surface area contributed by atoms with E-state index >= 15 is 0 Å². The molecule has 1 atom stereocenters. The van der Waals surface area contributed by atoms with Gasteiger partial charge in [-0.05, 0) is 12.3 Å². The van der Waals surface area contributed by atoms with Crippen molar-refractivity contribution >= 4 is 22.1 Å². The molecule has 0 saturated heterocycles. The fourth-order valence-electron chi connectivity index (χ4n) is 2.87. The second-order valence-corrected chi connectivity index (χ2v) is 8.84. The van der Waals surface area contributed by atoms with E-state index in [9.17, 15) is 22.6 Å². The molecule has 0 aliphatic rings. The molecule has 0 aromatic carbocycles. The fraction of sp³-hybridized carbons (Fsp3) is 0.882. The highest BCUT2D eigenvalue weighted by Gasteiger charge is 2.51. The Morgan fingerprint density at radius 3 is 1.68 bits per heavy atom. The first-order valence-electron chi connectivity index (χ1n) is 8.95. The number of aliphatic carboxylic acids is 2. The highest BCUT2D eigenvalue weighted by Crippen LogP contribution is 2.29. The molecule has 0 aliphatic heterocycles. The van der Waals surface area contributed by atoms with Crippen molar-refractivity contribution in [3.8, 4) is 0 Å². The summed E-state index contributed by atoms with van der Waals surface area (Å²) in [5.74, 6) is -2.66. The van der Waals surface area contributed by atoms with Crippen LogP contribution in [0.25, 0.3) is 0 Å². The number of hydrogen-bond acceptors (Lipinski definition) is 4. The van der Waals surface area contributed by atoms with Crippen LogP contribution >= 0.6 is 0 Å². The molecule has 0 spiro atoms. The van der Waals surface area contributed by atoms with Gasteiger partial charge in [0.05, 0.1) is 6.42 Å². The Balaban J connectivity index is 4.20. The van der Waals surface area contributed by atoms with Crippen molar-refractivity contribution in [2.24, 2.45) is 5.92 Å². The standard InChI is InChI=1S/C17H32O7S/c1-14(2)11-9-7-5-3-4-6-8-10-12-17(16(20)21,13-15(18)19)25(22,23)24/h14H,3-13H2,1-2H3,(H,18,19)(H,20,21)(H,22,23,24). The van der Waals surface area contributed by atoms with Crippen molar-refractivity contribution in [3.63, 3.8) is 0 Å². The van der Waals surface area contributed by atoms with E-state index in [1.54, 1.807) is 0 Å². The number of unbranched alkanes of at least 4 members (excludes halogenated alkanes) is 7. The van der Waals surface area contributed by atoms with Crippen LogP contribution in [0.4, 0.5) is 0 Å². The van der Waals surface area contributed by atoms with Crippen LogP contribution in [0.3, 0.4) is 0 Å². The van der Waals surface area contributed by atoms with Crippen LogP contribution in [-0.2, 0) is 19.7 Å². The third-order valence-corrected chi connectivity index (χ3v) is 5.94. The Hall–Kier alpha value is -1.15. The zero-order chi connectivity index (χ0) is 19.5. The summed E-state index contributed by atoms with van der Waals surface area (Å²) in [4.78, 5) is 22.1. The van der Waals surface area contributed by atoms with Gasteiger partial charge in [0.2, 0.25) is 4.75 Å². The average Bonchev–Trinajstić information content (AvgIpc) is 2.45. The lowest BCUT2D eigenvalue weighted by atomic mass is 9.96. The van der Waals surface area contributed by atoms with Crippen LogP contribution in [0.2, 0.25) is 0 Å². The molecule has 0 heterocycles. The number of carbonyl (C=O) groups is 2. The van der Waals surface area contributed by atoms with E-state index < -0.39 is 39.6 Å². The molecule has 0 aromatic heterocycles. The molecule has 148 valence electrons. The molecular formula is C17H32O7S. The zero-order valence-corrected chi connectivity index (χ0v) is 16.1. The fourth-order valence-corrected chi connectivity index (χ4v) is 3.80. The van der Waals surface area contributed by atoms with E-state index in [0.29, 0.717) is 6.42 Å². The molecule has 1 unspecified atom stereocenters. The SMILES string of the molecule is CC(C)CCCCCCCCCCC(CC(=O)O)(C(=O)O)S(=O)(=O)O. The minimum absolute atomic E-state index is 0.243. The number of carboxylic acids is 2. The highest BCUT2D eigenvalue weighted by atomic mass is 32.2. The lowest BCUT2D eigenvalue weighted by molar-refractivity contribution is -0.147. The number of rotatable bonds is 15. The lowest BCUT2D eigenvalue weighted by Gasteiger charge is -2.24. The molecule has 0 rings (SSSR count). The van der Waals surface area contributed by atoms with Gasteiger partial charge in [-0.2, -0.15) is 8.42 Å². The van der Waals surface area contributed by atoms with Crippen LogP contribution in [0, 0.1) is 5.92 Å². The quantitative estimate of drug-likeness (QED) is 0.291. The first kappa shape index (κ1) is 23.9. The molecule has 0 bridgehead atoms. The van der Waals surface area contributed by atoms with Gasteiger partial charge in [-0.3, -0.25) is 14.1 Å². The van der Waals surface area contributed by atoms with E-state index in [2.05, 4.69) is 13.8 Å². The maximum absolute atomic E-state index is 11.5. The van der Waals surface area contributed by atoms with Gasteiger partial charge >= 0.3 is 11.9 Å². The highest BCUT2D eigenvalue weighted by molar-refractivity contribution is 7.88. The van der Waals surface area contributed by atoms with Gasteiger partial charge in [0.25, 0.3) is 10.1 Å². The predicted octanol–water partition coefficient (Wildman–Crippen LogP) is 3.73. The summed E-state index contributed by atoms with van der Waals surface area (Å²) < 4.78 is 29.5. The van der Waals surface area contributed by atoms with E-state index in [1.807, 2.05) is 0 Å². The molecule has 25 heavy (non-hydrogen) atoms. The van der Waals surface area contributed by atoms with Gasteiger partial charge in [0.15, 0.2) is 0 Å². The van der Waals surface area contributed by atoms with E-state index in [-0.39, 0.29) is 6.42 Å². The lowest BCUT2D eigenvalue weighted by Crippen LogP contribution is -2.48. The minimum Gasteiger partial charge on any atom is -0.481 e. The first-order valence-corrected chi connectivity index (χ1v) is 10.4. The zero-order valence-electron chi connectivity index (χ0n) is 15.2. The summed E-state index contributed by atoms with van der Waals surface area (Å²) in [5.41, 5.74) is 0. The second kappa shape index (κ2) is 11.5. The molecular weight excluding hydrogens is 348 g/mol. The molecule has 0 radical (unpaired) electrons. The summed E-state index contributed by atoms with van der Waals surface area (Å²) in [5, 5.41) is 18.0. The monoisotopic (exact) mass is 380 g/mol. The predicted molar refractivity (Wildman–Crippen MR) is 95.2 cm³/mol. The largest absolute Gasteiger partial charge is 0.481 e. The third-order valence-electron chi connectivity index (χ3n) is 4.43. The van der Waals surface area contributed by atoms with Gasteiger partial charge in [-0.1, -0.05) is 71.6 Å². The Kier molecular flexibility index (Phi) is 10.9. The molecule has 0 saturated carbocycles. The number of carboxylic acid groups (broad SMARTS) is 2. The summed E-state index contributed by atoms with van der Waals surface area (Å²) in [6.45, 7) is 4.40. The van der Waals surface area contributed by atoms with Crippen molar-refractivity contribution < 1.29 is 32.8 Å². The maximum Gasteiger partial charge on any atom is 0.328 e. The third kappa shape index (κ3) is 9.21. The summed E-state index contributed by atoms with van der Waals surface area (Å²) in [6, 6.07) is 0. The second-order valence-electron chi connectivity index (χ2n) is 7.11. The van der Waals surface area contributed by atoms with Crippen LogP contribution in [-0.4, -0.2) is 39.9 Å². The molecule has 0 aromatic rings. The Morgan fingerprint density at radius 2 is 1.32 bits per heavy atom. The topological polar surface area (TPSA) is 129 Å². The van der Waals surface area contributed by atoms with Gasteiger partial charge in [-0.15, -0.1) is 0 Å². The van der Waals surface area contributed by atoms with Gasteiger partial charge in [-0.25, -0.2) is 0 Å². The van der Waals surface area contributed by atoms with Crippen LogP contribution in [0.1, 0.15) is 84.5 Å². The van der Waals surface area contributed by atoms with Crippen molar-refractivity contribution in [2.45, 2.75) is 89.2 Å². The molecule has 8 heteroatoms. The van der Waals surface area contributed by atoms with Crippen LogP contribution < -0.4 is 0 Å². The van der Waals surface area contributed by atoms with Crippen LogP contribution in [0.15, 0.2) is 0 Å². The van der Waals surface area contributed by atoms with E-state index in [0.717, 1.165) is 31.6 Å². The summed E-state index contributed by atoms with van der Waals surface area (Å²) in [7, 11) is -5.02. The van der Waals surface area contributed by atoms with E-state index in [1.165, 1.54) is 19.3 Å². The molecule has 0 aliphatic carbocycles. The van der Waals surface area contributed by atoms with Crippen molar-refractivity contribution in [1.82, 2.24) is 0 Å². The Morgan fingerprint density at radius 1 is 0.880 bits per heavy atom. The average molecular weight is 381 g/mol. The van der Waals surface area contributed by atoms with Gasteiger partial charge in [0, 0.05) is 0 Å². The summed E-state index contributed by atoms with van der Waals surface area (Å²) >= 11 is 0. The van der Waals surface area contributed by atoms with Crippen molar-refractivity contribution in [3.05, 3.63) is 0 Å². The maximum atomic E-state index is 11.5. The smallest absolute Gasteiger partial charge is 0.328 e. The number of hydrogen-bond donors (Lipinski definition) is 3. The molecule has 0 fully saturated rings. The van der Waals surface area contributed by atoms with Gasteiger partial charge < -0.3 is 10.2 Å². The molecule has 0 amide bonds. The minimum atomic E-state index is -5.02. The molecule has 7 nitrogen and oxygen atoms in total.